The van der Waals surface area contributed by atoms with Crippen molar-refractivity contribution in [2.75, 3.05) is 6.61 Å². The standard InChI is InChI=1S/C28H29NO4/c1-20(29-33-28(22-9-4-2-5-10-22)23-11-6-3-7-12-23)17-21-15-16-25-24(18-21)13-8-14-26(25)32-19-27(30)31/h2-14,17,20,28-29H,15-16,18-19H2,1H3,(H,30,31). The lowest BCUT2D eigenvalue weighted by Crippen LogP contribution is -2.28. The Bertz CT molecular complexity index is 1060. The lowest BCUT2D eigenvalue weighted by Gasteiger charge is -2.24. The molecule has 1 atom stereocenters. The maximum atomic E-state index is 10.9. The normalized spacial score (nSPS) is 15.3. The van der Waals surface area contributed by atoms with Gasteiger partial charge in [-0.3, -0.25) is 4.84 Å². The molecular formula is C28H29NO4. The quantitative estimate of drug-likeness (QED) is 0.349. The number of fused-ring (bicyclic) bond motifs is 1. The van der Waals surface area contributed by atoms with Crippen LogP contribution in [0.15, 0.2) is 90.5 Å². The third-order valence-electron chi connectivity index (χ3n) is 5.76. The topological polar surface area (TPSA) is 67.8 Å². The van der Waals surface area contributed by atoms with E-state index in [1.807, 2.05) is 48.5 Å². The van der Waals surface area contributed by atoms with Gasteiger partial charge < -0.3 is 9.84 Å². The molecule has 4 rings (SSSR count). The van der Waals surface area contributed by atoms with Crippen molar-refractivity contribution in [2.24, 2.45) is 0 Å². The van der Waals surface area contributed by atoms with Crippen molar-refractivity contribution >= 4 is 5.97 Å². The van der Waals surface area contributed by atoms with E-state index in [1.165, 1.54) is 11.1 Å². The lowest BCUT2D eigenvalue weighted by molar-refractivity contribution is -0.139. The summed E-state index contributed by atoms with van der Waals surface area (Å²) in [6.07, 6.45) is 4.59. The van der Waals surface area contributed by atoms with E-state index in [1.54, 1.807) is 0 Å². The molecule has 33 heavy (non-hydrogen) atoms. The van der Waals surface area contributed by atoms with E-state index in [-0.39, 0.29) is 18.8 Å². The van der Waals surface area contributed by atoms with E-state index in [0.717, 1.165) is 36.0 Å². The van der Waals surface area contributed by atoms with Crippen molar-refractivity contribution < 1.29 is 19.5 Å². The van der Waals surface area contributed by atoms with Gasteiger partial charge in [0.25, 0.3) is 0 Å². The molecule has 5 heteroatoms. The zero-order chi connectivity index (χ0) is 23.0. The minimum Gasteiger partial charge on any atom is -0.482 e. The van der Waals surface area contributed by atoms with Gasteiger partial charge in [-0.05, 0) is 54.5 Å². The van der Waals surface area contributed by atoms with Crippen molar-refractivity contribution in [1.82, 2.24) is 5.48 Å². The molecule has 2 N–H and O–H groups in total. The summed E-state index contributed by atoms with van der Waals surface area (Å²) in [7, 11) is 0. The van der Waals surface area contributed by atoms with Crippen LogP contribution in [0.3, 0.4) is 0 Å². The van der Waals surface area contributed by atoms with Crippen LogP contribution in [-0.4, -0.2) is 23.7 Å². The Balaban J connectivity index is 1.42. The van der Waals surface area contributed by atoms with Gasteiger partial charge in [0, 0.05) is 6.04 Å². The fraction of sp³-hybridized carbons (Fsp3) is 0.250. The smallest absolute Gasteiger partial charge is 0.341 e. The molecule has 0 spiro atoms. The van der Waals surface area contributed by atoms with Gasteiger partial charge in [0.15, 0.2) is 6.61 Å². The van der Waals surface area contributed by atoms with Gasteiger partial charge in [0.05, 0.1) is 0 Å². The first-order valence-corrected chi connectivity index (χ1v) is 11.3. The number of hydrogen-bond acceptors (Lipinski definition) is 4. The van der Waals surface area contributed by atoms with E-state index in [2.05, 4.69) is 48.8 Å². The number of hydroxylamine groups is 1. The summed E-state index contributed by atoms with van der Waals surface area (Å²) in [6, 6.07) is 26.3. The highest BCUT2D eigenvalue weighted by Gasteiger charge is 2.19. The number of ether oxygens (including phenoxy) is 1. The summed E-state index contributed by atoms with van der Waals surface area (Å²) < 4.78 is 5.48. The third-order valence-corrected chi connectivity index (χ3v) is 5.76. The molecule has 0 heterocycles. The Labute approximate surface area is 194 Å². The Morgan fingerprint density at radius 3 is 2.27 bits per heavy atom. The van der Waals surface area contributed by atoms with Crippen LogP contribution in [-0.2, 0) is 22.5 Å². The SMILES string of the molecule is CC(C=C1CCc2c(cccc2OCC(=O)O)C1)NOC(c1ccccc1)c1ccccc1. The van der Waals surface area contributed by atoms with Crippen molar-refractivity contribution in [3.8, 4) is 5.75 Å². The highest BCUT2D eigenvalue weighted by molar-refractivity contribution is 5.68. The maximum absolute atomic E-state index is 10.9. The number of carboxylic acid groups (broad SMARTS) is 1. The zero-order valence-electron chi connectivity index (χ0n) is 18.7. The minimum absolute atomic E-state index is 0.0305. The van der Waals surface area contributed by atoms with Crippen LogP contribution in [0.4, 0.5) is 0 Å². The summed E-state index contributed by atoms with van der Waals surface area (Å²) in [5.74, 6) is -0.287. The van der Waals surface area contributed by atoms with Crippen LogP contribution in [0.1, 0.15) is 41.7 Å². The molecule has 170 valence electrons. The predicted molar refractivity (Wildman–Crippen MR) is 128 cm³/mol. The number of hydrogen-bond donors (Lipinski definition) is 2. The highest BCUT2D eigenvalue weighted by atomic mass is 16.7. The number of carboxylic acids is 1. The van der Waals surface area contributed by atoms with Crippen LogP contribution in [0, 0.1) is 0 Å². The monoisotopic (exact) mass is 443 g/mol. The molecule has 0 fully saturated rings. The molecule has 0 bridgehead atoms. The van der Waals surface area contributed by atoms with Gasteiger partial charge in [-0.15, -0.1) is 0 Å². The maximum Gasteiger partial charge on any atom is 0.341 e. The average Bonchev–Trinajstić information content (AvgIpc) is 2.84. The predicted octanol–water partition coefficient (Wildman–Crippen LogP) is 5.26. The molecule has 5 nitrogen and oxygen atoms in total. The fourth-order valence-electron chi connectivity index (χ4n) is 4.24. The van der Waals surface area contributed by atoms with Crippen molar-refractivity contribution in [3.63, 3.8) is 0 Å². The van der Waals surface area contributed by atoms with Crippen molar-refractivity contribution in [2.45, 2.75) is 38.3 Å². The van der Waals surface area contributed by atoms with Gasteiger partial charge in [-0.2, -0.15) is 5.48 Å². The van der Waals surface area contributed by atoms with Gasteiger partial charge in [-0.1, -0.05) is 84.4 Å². The molecule has 0 radical (unpaired) electrons. The number of carbonyl (C=O) groups is 1. The average molecular weight is 444 g/mol. The summed E-state index contributed by atoms with van der Waals surface area (Å²) in [6.45, 7) is 1.77. The molecule has 1 aliphatic carbocycles. The first-order valence-electron chi connectivity index (χ1n) is 11.3. The number of nitrogens with one attached hydrogen (secondary N) is 1. The minimum atomic E-state index is -0.965. The number of benzene rings is 3. The van der Waals surface area contributed by atoms with E-state index in [4.69, 9.17) is 14.7 Å². The van der Waals surface area contributed by atoms with Crippen LogP contribution < -0.4 is 10.2 Å². The summed E-state index contributed by atoms with van der Waals surface area (Å²) >= 11 is 0. The molecule has 0 saturated carbocycles. The molecule has 1 unspecified atom stereocenters. The van der Waals surface area contributed by atoms with Crippen molar-refractivity contribution in [3.05, 3.63) is 113 Å². The summed E-state index contributed by atoms with van der Waals surface area (Å²) in [5, 5.41) is 8.90. The van der Waals surface area contributed by atoms with Gasteiger partial charge in [0.1, 0.15) is 11.9 Å². The Kier molecular flexibility index (Phi) is 7.55. The fourth-order valence-corrected chi connectivity index (χ4v) is 4.24. The largest absolute Gasteiger partial charge is 0.482 e. The first-order chi connectivity index (χ1) is 16.1. The number of allylic oxidation sites excluding steroid dienone is 1. The van der Waals surface area contributed by atoms with Crippen LogP contribution in [0.2, 0.25) is 0 Å². The highest BCUT2D eigenvalue weighted by Crippen LogP contribution is 2.32. The van der Waals surface area contributed by atoms with Crippen LogP contribution >= 0.6 is 0 Å². The first kappa shape index (κ1) is 22.8. The Morgan fingerprint density at radius 2 is 1.64 bits per heavy atom. The third kappa shape index (κ3) is 6.09. The summed E-state index contributed by atoms with van der Waals surface area (Å²) in [4.78, 5) is 17.0. The van der Waals surface area contributed by atoms with E-state index >= 15 is 0 Å². The van der Waals surface area contributed by atoms with E-state index in [9.17, 15) is 4.79 Å². The van der Waals surface area contributed by atoms with Crippen LogP contribution in [0.5, 0.6) is 5.75 Å². The Hall–Kier alpha value is -3.41. The van der Waals surface area contributed by atoms with E-state index in [0.29, 0.717) is 5.75 Å². The number of rotatable bonds is 9. The number of aliphatic carboxylic acids is 1. The summed E-state index contributed by atoms with van der Waals surface area (Å²) in [5.41, 5.74) is 9.05. The second-order valence-corrected chi connectivity index (χ2v) is 8.30. The molecule has 3 aromatic rings. The van der Waals surface area contributed by atoms with E-state index < -0.39 is 5.97 Å². The molecule has 3 aromatic carbocycles. The Morgan fingerprint density at radius 1 is 0.970 bits per heavy atom. The molecule has 0 amide bonds. The molecular weight excluding hydrogens is 414 g/mol. The van der Waals surface area contributed by atoms with Gasteiger partial charge in [-0.25, -0.2) is 4.79 Å². The zero-order valence-corrected chi connectivity index (χ0v) is 18.7. The van der Waals surface area contributed by atoms with Gasteiger partial charge in [0.2, 0.25) is 0 Å². The van der Waals surface area contributed by atoms with Crippen molar-refractivity contribution in [1.29, 1.82) is 0 Å². The second-order valence-electron chi connectivity index (χ2n) is 8.30. The molecule has 0 aromatic heterocycles. The second kappa shape index (κ2) is 10.9. The van der Waals surface area contributed by atoms with Crippen LogP contribution in [0.25, 0.3) is 0 Å². The molecule has 1 aliphatic rings. The molecule has 0 aliphatic heterocycles. The van der Waals surface area contributed by atoms with Gasteiger partial charge >= 0.3 is 5.97 Å². The lowest BCUT2D eigenvalue weighted by atomic mass is 9.86. The molecule has 0 saturated heterocycles.